The monoisotopic (exact) mass is 382 g/mol. The lowest BCUT2D eigenvalue weighted by molar-refractivity contribution is -0.139. The van der Waals surface area contributed by atoms with Crippen LogP contribution in [0.5, 0.6) is 5.75 Å². The summed E-state index contributed by atoms with van der Waals surface area (Å²) in [6.45, 7) is 8.65. The zero-order valence-corrected chi connectivity index (χ0v) is 16.9. The molecule has 1 atom stereocenters. The van der Waals surface area contributed by atoms with Crippen LogP contribution in [-0.2, 0) is 14.8 Å². The van der Waals surface area contributed by atoms with E-state index in [0.29, 0.717) is 31.8 Å². The number of amides is 1. The molecule has 1 aromatic carbocycles. The van der Waals surface area contributed by atoms with Gasteiger partial charge in [-0.25, -0.2) is 13.1 Å². The lowest BCUT2D eigenvalue weighted by Gasteiger charge is -2.33. The maximum Gasteiger partial charge on any atom is 0.263 e. The molecule has 146 valence electrons. The van der Waals surface area contributed by atoms with Gasteiger partial charge in [0.1, 0.15) is 5.75 Å². The third-order valence-corrected chi connectivity index (χ3v) is 6.18. The minimum Gasteiger partial charge on any atom is -0.481 e. The summed E-state index contributed by atoms with van der Waals surface area (Å²) in [5.41, 5.74) is 1.08. The summed E-state index contributed by atoms with van der Waals surface area (Å²) in [6, 6.07) is 7.69. The van der Waals surface area contributed by atoms with E-state index in [4.69, 9.17) is 4.74 Å². The molecule has 0 aliphatic carbocycles. The van der Waals surface area contributed by atoms with Crippen molar-refractivity contribution in [1.29, 1.82) is 0 Å². The van der Waals surface area contributed by atoms with Crippen LogP contribution in [0.1, 0.15) is 52.0 Å². The van der Waals surface area contributed by atoms with Gasteiger partial charge in [-0.3, -0.25) is 4.79 Å². The van der Waals surface area contributed by atoms with E-state index >= 15 is 0 Å². The van der Waals surface area contributed by atoms with Crippen LogP contribution in [0.4, 0.5) is 0 Å². The Balaban J connectivity index is 1.92. The maximum atomic E-state index is 12.7. The van der Waals surface area contributed by atoms with Crippen LogP contribution < -0.4 is 9.46 Å². The van der Waals surface area contributed by atoms with Crippen LogP contribution in [0.3, 0.4) is 0 Å². The smallest absolute Gasteiger partial charge is 0.263 e. The number of likely N-dealkylation sites (tertiary alicyclic amines) is 1. The molecule has 1 aliphatic heterocycles. The first kappa shape index (κ1) is 20.7. The molecule has 0 saturated carbocycles. The van der Waals surface area contributed by atoms with Crippen molar-refractivity contribution in [3.8, 4) is 5.75 Å². The second-order valence-electron chi connectivity index (χ2n) is 7.07. The lowest BCUT2D eigenvalue weighted by Crippen LogP contribution is -2.49. The Bertz CT molecular complexity index is 710. The minimum absolute atomic E-state index is 0.0552. The van der Waals surface area contributed by atoms with E-state index < -0.39 is 16.1 Å². The number of hydrogen-bond acceptors (Lipinski definition) is 4. The molecule has 1 unspecified atom stereocenters. The highest BCUT2D eigenvalue weighted by molar-refractivity contribution is 7.89. The number of benzene rings is 1. The molecule has 0 spiro atoms. The number of piperidine rings is 1. The average Bonchev–Trinajstić information content (AvgIpc) is 2.61. The van der Waals surface area contributed by atoms with E-state index in [9.17, 15) is 13.2 Å². The maximum absolute atomic E-state index is 12.7. The number of para-hydroxylation sites is 1. The molecule has 1 aromatic rings. The van der Waals surface area contributed by atoms with Crippen molar-refractivity contribution in [1.82, 2.24) is 9.62 Å². The number of rotatable bonds is 7. The molecule has 1 fully saturated rings. The van der Waals surface area contributed by atoms with E-state index in [1.807, 2.05) is 24.3 Å². The minimum atomic E-state index is -3.20. The van der Waals surface area contributed by atoms with Crippen LogP contribution in [0, 0.1) is 0 Å². The third kappa shape index (κ3) is 5.45. The Hall–Kier alpha value is -1.60. The van der Waals surface area contributed by atoms with E-state index in [-0.39, 0.29) is 17.7 Å². The fraction of sp³-hybridized carbons (Fsp3) is 0.632. The number of hydrogen-bond donors (Lipinski definition) is 1. The second kappa shape index (κ2) is 8.86. The zero-order chi connectivity index (χ0) is 19.3. The molecule has 1 N–H and O–H groups in total. The molecule has 2 rings (SSSR count). The van der Waals surface area contributed by atoms with Crippen molar-refractivity contribution in [3.63, 3.8) is 0 Å². The van der Waals surface area contributed by atoms with Gasteiger partial charge in [0.2, 0.25) is 10.0 Å². The van der Waals surface area contributed by atoms with Gasteiger partial charge in [0.15, 0.2) is 6.10 Å². The summed E-state index contributed by atoms with van der Waals surface area (Å²) in [4.78, 5) is 14.5. The van der Waals surface area contributed by atoms with E-state index in [1.165, 1.54) is 0 Å². The zero-order valence-electron chi connectivity index (χ0n) is 16.1. The van der Waals surface area contributed by atoms with Crippen LogP contribution in [0.15, 0.2) is 24.3 Å². The number of carbonyl (C=O) groups is 1. The van der Waals surface area contributed by atoms with E-state index in [0.717, 1.165) is 11.3 Å². The Morgan fingerprint density at radius 3 is 2.42 bits per heavy atom. The Morgan fingerprint density at radius 1 is 1.23 bits per heavy atom. The van der Waals surface area contributed by atoms with Crippen LogP contribution in [0.25, 0.3) is 0 Å². The number of carbonyl (C=O) groups excluding carboxylic acids is 1. The van der Waals surface area contributed by atoms with Crippen molar-refractivity contribution in [2.75, 3.05) is 18.8 Å². The van der Waals surface area contributed by atoms with Gasteiger partial charge < -0.3 is 9.64 Å². The van der Waals surface area contributed by atoms with Crippen LogP contribution >= 0.6 is 0 Å². The van der Waals surface area contributed by atoms with Crippen molar-refractivity contribution >= 4 is 15.9 Å². The fourth-order valence-electron chi connectivity index (χ4n) is 3.12. The van der Waals surface area contributed by atoms with Crippen LogP contribution in [0.2, 0.25) is 0 Å². The predicted molar refractivity (Wildman–Crippen MR) is 103 cm³/mol. The highest BCUT2D eigenvalue weighted by atomic mass is 32.2. The topological polar surface area (TPSA) is 75.7 Å². The first-order chi connectivity index (χ1) is 12.2. The Kier molecular flexibility index (Phi) is 7.06. The lowest BCUT2D eigenvalue weighted by atomic mass is 10.0. The van der Waals surface area contributed by atoms with E-state index in [2.05, 4.69) is 18.6 Å². The third-order valence-electron chi connectivity index (χ3n) is 4.73. The standard InChI is InChI=1S/C19H30N2O4S/c1-5-26(23,24)20-16-10-12-21(13-11-16)19(22)15(4)25-18-9-7-6-8-17(18)14(2)3/h6-9,14-16,20H,5,10-13H2,1-4H3. The molecule has 1 saturated heterocycles. The first-order valence-electron chi connectivity index (χ1n) is 9.28. The van der Waals surface area contributed by atoms with Crippen molar-refractivity contribution in [2.24, 2.45) is 0 Å². The quantitative estimate of drug-likeness (QED) is 0.786. The van der Waals surface area contributed by atoms with Gasteiger partial charge in [0.05, 0.1) is 5.75 Å². The number of nitrogens with one attached hydrogen (secondary N) is 1. The molecule has 0 bridgehead atoms. The molecule has 7 heteroatoms. The van der Waals surface area contributed by atoms with Gasteiger partial charge in [-0.15, -0.1) is 0 Å². The Labute approximate surface area is 157 Å². The van der Waals surface area contributed by atoms with Crippen molar-refractivity contribution in [2.45, 2.75) is 58.6 Å². The summed E-state index contributed by atoms with van der Waals surface area (Å²) >= 11 is 0. The fourth-order valence-corrected chi connectivity index (χ4v) is 4.03. The van der Waals surface area contributed by atoms with Gasteiger partial charge in [-0.05, 0) is 44.2 Å². The van der Waals surface area contributed by atoms with Crippen molar-refractivity contribution < 1.29 is 17.9 Å². The molecule has 6 nitrogen and oxygen atoms in total. The first-order valence-corrected chi connectivity index (χ1v) is 10.9. The molecule has 1 aliphatic rings. The molecule has 0 aromatic heterocycles. The number of sulfonamides is 1. The molecule has 26 heavy (non-hydrogen) atoms. The summed E-state index contributed by atoms with van der Waals surface area (Å²) in [6.07, 6.45) is 0.680. The predicted octanol–water partition coefficient (Wildman–Crippen LogP) is 2.51. The molecule has 1 amide bonds. The average molecular weight is 383 g/mol. The van der Waals surface area contributed by atoms with Gasteiger partial charge >= 0.3 is 0 Å². The second-order valence-corrected chi connectivity index (χ2v) is 9.12. The Morgan fingerprint density at radius 2 is 1.85 bits per heavy atom. The molecular formula is C19H30N2O4S. The SMILES string of the molecule is CCS(=O)(=O)NC1CCN(C(=O)C(C)Oc2ccccc2C(C)C)CC1. The number of nitrogens with zero attached hydrogens (tertiary/aromatic N) is 1. The molecular weight excluding hydrogens is 352 g/mol. The summed E-state index contributed by atoms with van der Waals surface area (Å²) in [5, 5.41) is 0. The summed E-state index contributed by atoms with van der Waals surface area (Å²) < 4.78 is 32.0. The van der Waals surface area contributed by atoms with Gasteiger partial charge in [0.25, 0.3) is 5.91 Å². The van der Waals surface area contributed by atoms with Gasteiger partial charge in [-0.1, -0.05) is 32.0 Å². The highest BCUT2D eigenvalue weighted by Crippen LogP contribution is 2.27. The molecule has 1 heterocycles. The number of ether oxygens (including phenoxy) is 1. The largest absolute Gasteiger partial charge is 0.481 e. The normalized spacial score (nSPS) is 17.3. The van der Waals surface area contributed by atoms with E-state index in [1.54, 1.807) is 18.7 Å². The highest BCUT2D eigenvalue weighted by Gasteiger charge is 2.28. The van der Waals surface area contributed by atoms with Crippen LogP contribution in [-0.4, -0.2) is 50.2 Å². The molecule has 0 radical (unpaired) electrons. The summed E-state index contributed by atoms with van der Waals surface area (Å²) in [7, 11) is -3.20. The summed E-state index contributed by atoms with van der Waals surface area (Å²) in [5.74, 6) is 1.08. The van der Waals surface area contributed by atoms with Gasteiger partial charge in [0, 0.05) is 19.1 Å². The van der Waals surface area contributed by atoms with Crippen molar-refractivity contribution in [3.05, 3.63) is 29.8 Å². The van der Waals surface area contributed by atoms with Gasteiger partial charge in [-0.2, -0.15) is 0 Å².